The molecule has 1 aliphatic rings. The lowest BCUT2D eigenvalue weighted by atomic mass is 9.96. The first-order valence-electron chi connectivity index (χ1n) is 11.0. The van der Waals surface area contributed by atoms with Gasteiger partial charge in [0.15, 0.2) is 0 Å². The number of rotatable bonds is 6. The molecule has 1 aliphatic heterocycles. The summed E-state index contributed by atoms with van der Waals surface area (Å²) in [5.41, 5.74) is 1.14. The van der Waals surface area contributed by atoms with E-state index in [1.165, 1.54) is 19.2 Å². The zero-order valence-electron chi connectivity index (χ0n) is 18.8. The number of amides is 2. The molecule has 0 bridgehead atoms. The Kier molecular flexibility index (Phi) is 7.07. The highest BCUT2D eigenvalue weighted by molar-refractivity contribution is 5.90. The van der Waals surface area contributed by atoms with Gasteiger partial charge in [-0.3, -0.25) is 14.9 Å². The molecular formula is C26H24F3N3O3. The van der Waals surface area contributed by atoms with E-state index in [4.69, 9.17) is 4.74 Å². The van der Waals surface area contributed by atoms with E-state index in [0.29, 0.717) is 16.9 Å². The van der Waals surface area contributed by atoms with Crippen molar-refractivity contribution in [1.82, 2.24) is 16.0 Å². The van der Waals surface area contributed by atoms with Gasteiger partial charge < -0.3 is 15.4 Å². The molecule has 9 heteroatoms. The molecule has 4 rings (SSSR count). The van der Waals surface area contributed by atoms with Crippen LogP contribution in [0.5, 0.6) is 5.75 Å². The number of hydrogen-bond acceptors (Lipinski definition) is 4. The Morgan fingerprint density at radius 3 is 2.14 bits per heavy atom. The van der Waals surface area contributed by atoms with Crippen LogP contribution in [0, 0.1) is 0 Å². The molecule has 35 heavy (non-hydrogen) atoms. The van der Waals surface area contributed by atoms with E-state index in [1.807, 2.05) is 30.3 Å². The first kappa shape index (κ1) is 24.3. The molecule has 1 fully saturated rings. The summed E-state index contributed by atoms with van der Waals surface area (Å²) < 4.78 is 44.4. The molecule has 6 nitrogen and oxygen atoms in total. The van der Waals surface area contributed by atoms with E-state index < -0.39 is 35.9 Å². The Bertz CT molecular complexity index is 1170. The Morgan fingerprint density at radius 1 is 0.971 bits per heavy atom. The number of methoxy groups -OCH3 is 1. The molecule has 3 N–H and O–H groups in total. The molecule has 3 aromatic carbocycles. The van der Waals surface area contributed by atoms with E-state index in [-0.39, 0.29) is 12.3 Å². The molecule has 0 radical (unpaired) electrons. The van der Waals surface area contributed by atoms with Crippen molar-refractivity contribution in [3.63, 3.8) is 0 Å². The zero-order chi connectivity index (χ0) is 25.0. The Hall–Kier alpha value is -3.85. The summed E-state index contributed by atoms with van der Waals surface area (Å²) in [5, 5.41) is 8.86. The topological polar surface area (TPSA) is 79.5 Å². The largest absolute Gasteiger partial charge is 0.497 e. The summed E-state index contributed by atoms with van der Waals surface area (Å²) in [7, 11) is 1.52. The smallest absolute Gasteiger partial charge is 0.416 e. The van der Waals surface area contributed by atoms with Crippen molar-refractivity contribution in [3.05, 3.63) is 101 Å². The summed E-state index contributed by atoms with van der Waals surface area (Å²) in [4.78, 5) is 25.6. The minimum atomic E-state index is -4.47. The van der Waals surface area contributed by atoms with Gasteiger partial charge in [0.25, 0.3) is 0 Å². The lowest BCUT2D eigenvalue weighted by Crippen LogP contribution is -2.56. The van der Waals surface area contributed by atoms with Crippen LogP contribution >= 0.6 is 0 Å². The summed E-state index contributed by atoms with van der Waals surface area (Å²) >= 11 is 0. The number of hydrogen-bond donors (Lipinski definition) is 3. The van der Waals surface area contributed by atoms with Crippen LogP contribution in [0.4, 0.5) is 13.2 Å². The maximum atomic E-state index is 13.3. The molecule has 0 aromatic heterocycles. The average Bonchev–Trinajstić information content (AvgIpc) is 2.87. The standard InChI is InChI=1S/C26H24F3N3O3/c1-35-20-13-9-17(10-14-20)23(16-7-11-19(12-8-16)26(27,28)29)32-25(34)21-15-22(33)31-24(30-21)18-5-3-2-4-6-18/h2-14,21,23-24,30H,15H2,1H3,(H,31,33)(H,32,34). The molecule has 1 saturated heterocycles. The number of alkyl halides is 3. The highest BCUT2D eigenvalue weighted by atomic mass is 19.4. The van der Waals surface area contributed by atoms with Gasteiger partial charge in [-0.15, -0.1) is 0 Å². The third kappa shape index (κ3) is 5.81. The molecule has 2 amide bonds. The summed E-state index contributed by atoms with van der Waals surface area (Å²) in [6.07, 6.45) is -5.08. The first-order chi connectivity index (χ1) is 16.7. The highest BCUT2D eigenvalue weighted by Gasteiger charge is 2.33. The fourth-order valence-corrected chi connectivity index (χ4v) is 3.96. The van der Waals surface area contributed by atoms with E-state index >= 15 is 0 Å². The highest BCUT2D eigenvalue weighted by Crippen LogP contribution is 2.31. The predicted octanol–water partition coefficient (Wildman–Crippen LogP) is 4.10. The predicted molar refractivity (Wildman–Crippen MR) is 123 cm³/mol. The van der Waals surface area contributed by atoms with Gasteiger partial charge in [-0.1, -0.05) is 54.6 Å². The van der Waals surface area contributed by atoms with Gasteiger partial charge in [0, 0.05) is 0 Å². The molecule has 3 unspecified atom stereocenters. The van der Waals surface area contributed by atoms with Crippen molar-refractivity contribution in [2.45, 2.75) is 30.8 Å². The second-order valence-electron chi connectivity index (χ2n) is 8.17. The Morgan fingerprint density at radius 2 is 1.57 bits per heavy atom. The van der Waals surface area contributed by atoms with E-state index in [9.17, 15) is 22.8 Å². The second-order valence-corrected chi connectivity index (χ2v) is 8.17. The third-order valence-corrected chi connectivity index (χ3v) is 5.82. The quantitative estimate of drug-likeness (QED) is 0.494. The lowest BCUT2D eigenvalue weighted by molar-refractivity contribution is -0.137. The molecule has 0 aliphatic carbocycles. The fourth-order valence-electron chi connectivity index (χ4n) is 3.96. The second kappa shape index (κ2) is 10.2. The maximum Gasteiger partial charge on any atom is 0.416 e. The summed E-state index contributed by atoms with van der Waals surface area (Å²) in [5.74, 6) is -0.127. The Balaban J connectivity index is 1.59. The molecule has 3 atom stereocenters. The van der Waals surface area contributed by atoms with Crippen molar-refractivity contribution in [2.24, 2.45) is 0 Å². The number of benzene rings is 3. The molecule has 0 spiro atoms. The summed E-state index contributed by atoms with van der Waals surface area (Å²) in [6.45, 7) is 0. The average molecular weight is 483 g/mol. The van der Waals surface area contributed by atoms with Crippen LogP contribution in [0.3, 0.4) is 0 Å². The fraction of sp³-hybridized carbons (Fsp3) is 0.231. The molecule has 0 saturated carbocycles. The lowest BCUT2D eigenvalue weighted by Gasteiger charge is -2.32. The van der Waals surface area contributed by atoms with Crippen molar-refractivity contribution in [3.8, 4) is 5.75 Å². The summed E-state index contributed by atoms with van der Waals surface area (Å²) in [6, 6.07) is 19.1. The first-order valence-corrected chi connectivity index (χ1v) is 11.0. The van der Waals surface area contributed by atoms with Gasteiger partial charge in [-0.05, 0) is 41.0 Å². The van der Waals surface area contributed by atoms with Crippen LogP contribution in [0.1, 0.15) is 40.9 Å². The van der Waals surface area contributed by atoms with Gasteiger partial charge >= 0.3 is 6.18 Å². The van der Waals surface area contributed by atoms with Crippen LogP contribution in [-0.2, 0) is 15.8 Å². The zero-order valence-corrected chi connectivity index (χ0v) is 18.8. The monoisotopic (exact) mass is 483 g/mol. The van der Waals surface area contributed by atoms with Gasteiger partial charge in [0.05, 0.1) is 31.2 Å². The Labute approximate surface area is 200 Å². The molecular weight excluding hydrogens is 459 g/mol. The van der Waals surface area contributed by atoms with Crippen molar-refractivity contribution in [1.29, 1.82) is 0 Å². The number of ether oxygens (including phenoxy) is 1. The number of nitrogens with one attached hydrogen (secondary N) is 3. The van der Waals surface area contributed by atoms with Crippen LogP contribution < -0.4 is 20.7 Å². The van der Waals surface area contributed by atoms with Crippen molar-refractivity contribution >= 4 is 11.8 Å². The van der Waals surface area contributed by atoms with Gasteiger partial charge in [-0.25, -0.2) is 0 Å². The van der Waals surface area contributed by atoms with Crippen molar-refractivity contribution in [2.75, 3.05) is 7.11 Å². The molecule has 3 aromatic rings. The van der Waals surface area contributed by atoms with E-state index in [1.54, 1.807) is 24.3 Å². The molecule has 182 valence electrons. The maximum absolute atomic E-state index is 13.3. The number of carbonyl (C=O) groups is 2. The normalized spacial score (nSPS) is 18.9. The van der Waals surface area contributed by atoms with E-state index in [2.05, 4.69) is 16.0 Å². The van der Waals surface area contributed by atoms with Gasteiger partial charge in [0.2, 0.25) is 11.8 Å². The number of halogens is 3. The van der Waals surface area contributed by atoms with E-state index in [0.717, 1.165) is 17.7 Å². The number of carbonyl (C=O) groups excluding carboxylic acids is 2. The van der Waals surface area contributed by atoms with Crippen molar-refractivity contribution < 1.29 is 27.5 Å². The minimum absolute atomic E-state index is 0.0719. The minimum Gasteiger partial charge on any atom is -0.497 e. The third-order valence-electron chi connectivity index (χ3n) is 5.82. The van der Waals surface area contributed by atoms with Crippen LogP contribution in [0.25, 0.3) is 0 Å². The van der Waals surface area contributed by atoms with Crippen LogP contribution in [-0.4, -0.2) is 25.0 Å². The van der Waals surface area contributed by atoms with Crippen LogP contribution in [0.2, 0.25) is 0 Å². The van der Waals surface area contributed by atoms with Crippen LogP contribution in [0.15, 0.2) is 78.9 Å². The molecule has 1 heterocycles. The van der Waals surface area contributed by atoms with Gasteiger partial charge in [0.1, 0.15) is 11.9 Å². The SMILES string of the molecule is COc1ccc(C(NC(=O)C2CC(=O)NC(c3ccccc3)N2)c2ccc(C(F)(F)F)cc2)cc1. The van der Waals surface area contributed by atoms with Gasteiger partial charge in [-0.2, -0.15) is 13.2 Å².